The van der Waals surface area contributed by atoms with Crippen molar-refractivity contribution in [3.63, 3.8) is 0 Å². The zero-order valence-electron chi connectivity index (χ0n) is 24.7. The van der Waals surface area contributed by atoms with E-state index in [1.165, 1.54) is 21.2 Å². The Kier molecular flexibility index (Phi) is 10.6. The molecular weight excluding hydrogens is 620 g/mol. The number of nitrogens with zero attached hydrogens (tertiary/aromatic N) is 4. The van der Waals surface area contributed by atoms with Gasteiger partial charge >= 0.3 is 0 Å². The minimum atomic E-state index is -3.71. The molecule has 0 radical (unpaired) electrons. The van der Waals surface area contributed by atoms with E-state index in [4.69, 9.17) is 14.5 Å². The van der Waals surface area contributed by atoms with Crippen LogP contribution < -0.4 is 9.64 Å². The number of sulfonamides is 1. The summed E-state index contributed by atoms with van der Waals surface area (Å²) in [5.41, 5.74) is 3.37. The number of ether oxygens (including phenoxy) is 2. The van der Waals surface area contributed by atoms with Gasteiger partial charge in [-0.15, -0.1) is 12.4 Å². The number of carbonyl (C=O) groups is 1. The Morgan fingerprint density at radius 3 is 2.50 bits per heavy atom. The third kappa shape index (κ3) is 6.93. The van der Waals surface area contributed by atoms with Gasteiger partial charge in [-0.3, -0.25) is 14.6 Å². The molecule has 4 aromatic rings. The fraction of sp³-hybridized carbons (Fsp3) is 0.375. The second-order valence-corrected chi connectivity index (χ2v) is 13.6. The Bertz CT molecular complexity index is 1690. The first-order valence-electron chi connectivity index (χ1n) is 14.8. The predicted molar refractivity (Wildman–Crippen MR) is 176 cm³/mol. The van der Waals surface area contributed by atoms with Crippen LogP contribution >= 0.6 is 23.7 Å². The summed E-state index contributed by atoms with van der Waals surface area (Å²) >= 11 is 1.45. The molecule has 44 heavy (non-hydrogen) atoms. The van der Waals surface area contributed by atoms with Crippen molar-refractivity contribution >= 4 is 55.0 Å². The van der Waals surface area contributed by atoms with Crippen LogP contribution in [0.5, 0.6) is 5.75 Å². The van der Waals surface area contributed by atoms with Crippen molar-refractivity contribution in [3.8, 4) is 5.75 Å². The average molecular weight is 657 g/mol. The monoisotopic (exact) mass is 656 g/mol. The highest BCUT2D eigenvalue weighted by Gasteiger charge is 2.29. The summed E-state index contributed by atoms with van der Waals surface area (Å²) in [4.78, 5) is 23.1. The minimum Gasteiger partial charge on any atom is -0.492 e. The quantitative estimate of drug-likeness (QED) is 0.231. The van der Waals surface area contributed by atoms with Crippen LogP contribution in [0, 0.1) is 0 Å². The lowest BCUT2D eigenvalue weighted by molar-refractivity contribution is 0.0376. The maximum atomic E-state index is 14.0. The van der Waals surface area contributed by atoms with Gasteiger partial charge in [-0.25, -0.2) is 13.4 Å². The highest BCUT2D eigenvalue weighted by atomic mass is 35.5. The molecule has 1 amide bonds. The Morgan fingerprint density at radius 1 is 1.00 bits per heavy atom. The average Bonchev–Trinajstić information content (AvgIpc) is 3.48. The highest BCUT2D eigenvalue weighted by Crippen LogP contribution is 2.35. The van der Waals surface area contributed by atoms with E-state index in [0.29, 0.717) is 49.1 Å². The molecule has 234 valence electrons. The van der Waals surface area contributed by atoms with Crippen molar-refractivity contribution in [2.45, 2.75) is 31.2 Å². The number of halogens is 1. The van der Waals surface area contributed by atoms with Gasteiger partial charge in [0.05, 0.1) is 29.4 Å². The number of rotatable bonds is 10. The third-order valence-electron chi connectivity index (χ3n) is 7.94. The van der Waals surface area contributed by atoms with E-state index in [1.807, 2.05) is 43.3 Å². The van der Waals surface area contributed by atoms with E-state index in [2.05, 4.69) is 11.0 Å². The lowest BCUT2D eigenvalue weighted by Gasteiger charge is -2.28. The van der Waals surface area contributed by atoms with Crippen molar-refractivity contribution in [1.82, 2.24) is 14.2 Å². The van der Waals surface area contributed by atoms with Crippen LogP contribution in [0.4, 0.5) is 5.13 Å². The lowest BCUT2D eigenvalue weighted by atomic mass is 10.0. The number of anilines is 1. The molecule has 0 bridgehead atoms. The van der Waals surface area contributed by atoms with Gasteiger partial charge in [0, 0.05) is 44.8 Å². The van der Waals surface area contributed by atoms with Gasteiger partial charge in [-0.2, -0.15) is 4.31 Å². The molecule has 1 aromatic heterocycles. The summed E-state index contributed by atoms with van der Waals surface area (Å²) in [7, 11) is -3.71. The summed E-state index contributed by atoms with van der Waals surface area (Å²) in [6.45, 7) is 7.76. The normalized spacial score (nSPS) is 15.8. The number of para-hydroxylation sites is 1. The summed E-state index contributed by atoms with van der Waals surface area (Å²) in [6, 6.07) is 20.1. The number of morpholine rings is 1. The number of hydrogen-bond acceptors (Lipinski definition) is 8. The van der Waals surface area contributed by atoms with Gasteiger partial charge in [0.15, 0.2) is 5.13 Å². The maximum absolute atomic E-state index is 14.0. The zero-order chi connectivity index (χ0) is 29.8. The van der Waals surface area contributed by atoms with Gasteiger partial charge in [0.2, 0.25) is 10.0 Å². The topological polar surface area (TPSA) is 92.3 Å². The number of carbonyl (C=O) groups excluding carboxylic acids is 1. The Labute approximate surface area is 268 Å². The minimum absolute atomic E-state index is 0. The molecule has 3 aromatic carbocycles. The molecule has 0 saturated carbocycles. The molecule has 3 heterocycles. The summed E-state index contributed by atoms with van der Waals surface area (Å²) in [5, 5.41) is 0.595. The molecule has 6 rings (SSSR count). The van der Waals surface area contributed by atoms with Crippen LogP contribution in [-0.4, -0.2) is 81.1 Å². The van der Waals surface area contributed by atoms with E-state index in [9.17, 15) is 13.2 Å². The van der Waals surface area contributed by atoms with Gasteiger partial charge in [0.25, 0.3) is 5.91 Å². The second kappa shape index (κ2) is 14.4. The van der Waals surface area contributed by atoms with E-state index >= 15 is 0 Å². The number of aromatic nitrogens is 1. The molecule has 2 aliphatic heterocycles. The Morgan fingerprint density at radius 2 is 1.75 bits per heavy atom. The molecule has 9 nitrogen and oxygen atoms in total. The first-order valence-corrected chi connectivity index (χ1v) is 17.0. The largest absolute Gasteiger partial charge is 0.492 e. The molecule has 0 atom stereocenters. The molecule has 1 saturated heterocycles. The number of thiazole rings is 1. The number of benzene rings is 3. The fourth-order valence-corrected chi connectivity index (χ4v) is 8.04. The van der Waals surface area contributed by atoms with E-state index in [-0.39, 0.29) is 23.2 Å². The molecule has 0 aliphatic carbocycles. The van der Waals surface area contributed by atoms with Gasteiger partial charge in [0.1, 0.15) is 11.3 Å². The third-order valence-corrected chi connectivity index (χ3v) is 10.8. The van der Waals surface area contributed by atoms with Crippen molar-refractivity contribution in [3.05, 3.63) is 83.4 Å². The van der Waals surface area contributed by atoms with Crippen molar-refractivity contribution in [2.75, 3.05) is 57.4 Å². The standard InChI is InChI=1S/C32H36N4O5S2.ClH/c1-2-41-28-9-5-10-29-30(28)33-32(42-29)36(17-6-16-34-19-21-40-22-20-34)31(37)25-11-13-27(14-12-25)43(38,39)35-18-15-24-7-3-4-8-26(24)23-35;/h3-5,7-14H,2,6,15-23H2,1H3;1H. The van der Waals surface area contributed by atoms with Gasteiger partial charge in [-0.1, -0.05) is 41.7 Å². The molecule has 12 heteroatoms. The van der Waals surface area contributed by atoms with E-state index < -0.39 is 10.0 Å². The molecule has 0 unspecified atom stereocenters. The summed E-state index contributed by atoms with van der Waals surface area (Å²) in [6.07, 6.45) is 1.45. The van der Waals surface area contributed by atoms with Crippen molar-refractivity contribution < 1.29 is 22.7 Å². The van der Waals surface area contributed by atoms with Gasteiger partial charge < -0.3 is 9.47 Å². The first-order chi connectivity index (χ1) is 20.9. The first kappa shape index (κ1) is 32.3. The van der Waals surface area contributed by atoms with Crippen LogP contribution in [0.1, 0.15) is 34.8 Å². The summed E-state index contributed by atoms with van der Waals surface area (Å²) in [5.74, 6) is 0.480. The lowest BCUT2D eigenvalue weighted by Crippen LogP contribution is -2.39. The maximum Gasteiger partial charge on any atom is 0.260 e. The fourth-order valence-electron chi connectivity index (χ4n) is 5.61. The predicted octanol–water partition coefficient (Wildman–Crippen LogP) is 5.23. The number of fused-ring (bicyclic) bond motifs is 2. The Hall–Kier alpha value is -3.06. The van der Waals surface area contributed by atoms with Crippen molar-refractivity contribution in [2.24, 2.45) is 0 Å². The zero-order valence-corrected chi connectivity index (χ0v) is 27.1. The number of hydrogen-bond donors (Lipinski definition) is 0. The number of amides is 1. The molecule has 2 aliphatic rings. The van der Waals surface area contributed by atoms with E-state index in [1.54, 1.807) is 29.2 Å². The summed E-state index contributed by atoms with van der Waals surface area (Å²) < 4.78 is 40.7. The van der Waals surface area contributed by atoms with Gasteiger partial charge in [-0.05, 0) is 67.3 Å². The SMILES string of the molecule is CCOc1cccc2sc(N(CCCN3CCOCC3)C(=O)c3ccc(S(=O)(=O)N4CCc5ccccc5C4)cc3)nc12.Cl. The van der Waals surface area contributed by atoms with E-state index in [0.717, 1.165) is 55.0 Å². The Balaban J connectivity index is 0.00000384. The highest BCUT2D eigenvalue weighted by molar-refractivity contribution is 7.89. The molecule has 0 N–H and O–H groups in total. The van der Waals surface area contributed by atoms with Crippen LogP contribution in [-0.2, 0) is 27.7 Å². The van der Waals surface area contributed by atoms with Crippen molar-refractivity contribution in [1.29, 1.82) is 0 Å². The molecular formula is C32H37ClN4O5S2. The van der Waals surface area contributed by atoms with Crippen LogP contribution in [0.15, 0.2) is 71.6 Å². The van der Waals surface area contributed by atoms with Crippen LogP contribution in [0.2, 0.25) is 0 Å². The smallest absolute Gasteiger partial charge is 0.260 e. The van der Waals surface area contributed by atoms with Crippen LogP contribution in [0.3, 0.4) is 0 Å². The second-order valence-electron chi connectivity index (χ2n) is 10.7. The molecule has 0 spiro atoms. The molecule has 1 fully saturated rings. The van der Waals surface area contributed by atoms with Crippen LogP contribution in [0.25, 0.3) is 10.2 Å².